The van der Waals surface area contributed by atoms with Crippen LogP contribution in [0.4, 0.5) is 4.39 Å². The lowest BCUT2D eigenvalue weighted by Crippen LogP contribution is -2.47. The largest absolute Gasteiger partial charge is 0.341 e. The van der Waals surface area contributed by atoms with E-state index in [2.05, 4.69) is 37.6 Å². The molecule has 1 aromatic carbocycles. The zero-order valence-corrected chi connectivity index (χ0v) is 12.7. The van der Waals surface area contributed by atoms with Gasteiger partial charge in [0.25, 0.3) is 0 Å². The second-order valence-electron chi connectivity index (χ2n) is 6.04. The van der Waals surface area contributed by atoms with Gasteiger partial charge in [-0.3, -0.25) is 9.58 Å². The Hall–Kier alpha value is -2.21. The van der Waals surface area contributed by atoms with E-state index in [1.807, 2.05) is 13.0 Å². The Kier molecular flexibility index (Phi) is 3.00. The summed E-state index contributed by atoms with van der Waals surface area (Å²) >= 11 is 0. The summed E-state index contributed by atoms with van der Waals surface area (Å²) in [5.74, 6) is 0.538. The molecule has 0 atom stereocenters. The van der Waals surface area contributed by atoms with Crippen LogP contribution in [0.3, 0.4) is 0 Å². The molecule has 0 aliphatic carbocycles. The number of H-pyrrole nitrogens is 1. The van der Waals surface area contributed by atoms with Crippen molar-refractivity contribution in [1.82, 2.24) is 24.6 Å². The molecule has 1 aliphatic heterocycles. The number of benzene rings is 1. The van der Waals surface area contributed by atoms with Crippen LogP contribution in [0.1, 0.15) is 23.3 Å². The first-order valence-electron chi connectivity index (χ1n) is 7.48. The molecule has 6 heteroatoms. The summed E-state index contributed by atoms with van der Waals surface area (Å²) < 4.78 is 15.8. The fraction of sp³-hybridized carbons (Fsp3) is 0.375. The van der Waals surface area contributed by atoms with Gasteiger partial charge in [-0.2, -0.15) is 5.10 Å². The first-order valence-corrected chi connectivity index (χ1v) is 7.48. The Morgan fingerprint density at radius 1 is 1.32 bits per heavy atom. The van der Waals surface area contributed by atoms with Crippen LogP contribution in [0.25, 0.3) is 11.0 Å². The number of aryl methyl sites for hydroxylation is 2. The number of aromatic amines is 1. The topological polar surface area (TPSA) is 49.7 Å². The minimum absolute atomic E-state index is 0.274. The van der Waals surface area contributed by atoms with E-state index >= 15 is 0 Å². The molecule has 0 amide bonds. The van der Waals surface area contributed by atoms with E-state index in [0.29, 0.717) is 18.1 Å². The van der Waals surface area contributed by atoms with E-state index in [-0.39, 0.29) is 5.82 Å². The highest BCUT2D eigenvalue weighted by Gasteiger charge is 2.30. The molecule has 0 spiro atoms. The molecule has 0 bridgehead atoms. The number of nitrogens with one attached hydrogen (secondary N) is 1. The Morgan fingerprint density at radius 2 is 2.14 bits per heavy atom. The molecule has 0 radical (unpaired) electrons. The van der Waals surface area contributed by atoms with Gasteiger partial charge in [-0.1, -0.05) is 6.07 Å². The van der Waals surface area contributed by atoms with E-state index in [4.69, 9.17) is 0 Å². The number of para-hydroxylation sites is 1. The molecule has 1 aliphatic rings. The number of imidazole rings is 1. The number of rotatable bonds is 3. The summed E-state index contributed by atoms with van der Waals surface area (Å²) in [6.07, 6.45) is 0. The maximum atomic E-state index is 13.7. The van der Waals surface area contributed by atoms with Gasteiger partial charge in [0.1, 0.15) is 11.3 Å². The van der Waals surface area contributed by atoms with Crippen LogP contribution in [0, 0.1) is 19.7 Å². The van der Waals surface area contributed by atoms with Gasteiger partial charge < -0.3 is 4.98 Å². The van der Waals surface area contributed by atoms with Crippen LogP contribution >= 0.6 is 0 Å². The molecule has 1 N–H and O–H groups in total. The zero-order valence-electron chi connectivity index (χ0n) is 12.7. The summed E-state index contributed by atoms with van der Waals surface area (Å²) in [7, 11) is 0. The smallest absolute Gasteiger partial charge is 0.151 e. The minimum Gasteiger partial charge on any atom is -0.341 e. The van der Waals surface area contributed by atoms with Crippen LogP contribution in [0.15, 0.2) is 24.3 Å². The second-order valence-corrected chi connectivity index (χ2v) is 6.04. The van der Waals surface area contributed by atoms with Crippen molar-refractivity contribution in [1.29, 1.82) is 0 Å². The molecule has 0 saturated carbocycles. The lowest BCUT2D eigenvalue weighted by Gasteiger charge is -2.39. The maximum Gasteiger partial charge on any atom is 0.151 e. The summed E-state index contributed by atoms with van der Waals surface area (Å²) in [5.41, 5.74) is 3.44. The number of likely N-dealkylation sites (tertiary alicyclic amines) is 1. The molecule has 3 heterocycles. The van der Waals surface area contributed by atoms with Crippen LogP contribution in [0.5, 0.6) is 0 Å². The highest BCUT2D eigenvalue weighted by molar-refractivity contribution is 5.75. The van der Waals surface area contributed by atoms with Gasteiger partial charge in [0.15, 0.2) is 5.82 Å². The van der Waals surface area contributed by atoms with E-state index in [1.54, 1.807) is 6.07 Å². The molecule has 1 fully saturated rings. The molecule has 114 valence electrons. The van der Waals surface area contributed by atoms with Gasteiger partial charge in [-0.25, -0.2) is 9.37 Å². The second kappa shape index (κ2) is 4.91. The monoisotopic (exact) mass is 299 g/mol. The van der Waals surface area contributed by atoms with Gasteiger partial charge in [0, 0.05) is 18.8 Å². The van der Waals surface area contributed by atoms with Crippen molar-refractivity contribution >= 4 is 11.0 Å². The number of hydrogen-bond acceptors (Lipinski definition) is 3. The van der Waals surface area contributed by atoms with Crippen LogP contribution in [-0.4, -0.2) is 37.7 Å². The average Bonchev–Trinajstić information content (AvgIpc) is 2.97. The number of nitrogens with zero attached hydrogens (tertiary/aromatic N) is 4. The summed E-state index contributed by atoms with van der Waals surface area (Å²) in [6, 6.07) is 7.51. The molecular weight excluding hydrogens is 281 g/mol. The fourth-order valence-corrected chi connectivity index (χ4v) is 3.18. The Balaban J connectivity index is 1.45. The lowest BCUT2D eigenvalue weighted by atomic mass is 10.1. The van der Waals surface area contributed by atoms with Gasteiger partial charge in [0.05, 0.1) is 23.8 Å². The molecule has 1 saturated heterocycles. The Labute approximate surface area is 127 Å². The van der Waals surface area contributed by atoms with Gasteiger partial charge >= 0.3 is 0 Å². The van der Waals surface area contributed by atoms with Crippen molar-refractivity contribution in [2.24, 2.45) is 0 Å². The van der Waals surface area contributed by atoms with Crippen LogP contribution < -0.4 is 0 Å². The Bertz CT molecular complexity index is 828. The van der Waals surface area contributed by atoms with Crippen molar-refractivity contribution < 1.29 is 4.39 Å². The predicted octanol–water partition coefficient (Wildman–Crippen LogP) is 2.57. The number of fused-ring (bicyclic) bond motifs is 1. The average molecular weight is 299 g/mol. The van der Waals surface area contributed by atoms with E-state index in [1.165, 1.54) is 11.8 Å². The molecule has 22 heavy (non-hydrogen) atoms. The number of hydrogen-bond donors (Lipinski definition) is 1. The molecular formula is C16H18FN5. The molecule has 3 aromatic rings. The number of aromatic nitrogens is 4. The normalized spacial score (nSPS) is 16.3. The van der Waals surface area contributed by atoms with E-state index in [9.17, 15) is 4.39 Å². The highest BCUT2D eigenvalue weighted by atomic mass is 19.1. The van der Waals surface area contributed by atoms with Gasteiger partial charge in [0.2, 0.25) is 0 Å². The molecule has 5 nitrogen and oxygen atoms in total. The van der Waals surface area contributed by atoms with Crippen LogP contribution in [0.2, 0.25) is 0 Å². The lowest BCUT2D eigenvalue weighted by molar-refractivity contribution is 0.0869. The Morgan fingerprint density at radius 3 is 2.82 bits per heavy atom. The predicted molar refractivity (Wildman–Crippen MR) is 82.1 cm³/mol. The first kappa shape index (κ1) is 13.5. The van der Waals surface area contributed by atoms with Gasteiger partial charge in [-0.15, -0.1) is 0 Å². The van der Waals surface area contributed by atoms with Crippen molar-refractivity contribution in [2.45, 2.75) is 26.4 Å². The minimum atomic E-state index is -0.274. The molecule has 4 rings (SSSR count). The third kappa shape index (κ3) is 2.20. The van der Waals surface area contributed by atoms with Crippen molar-refractivity contribution in [3.63, 3.8) is 0 Å². The summed E-state index contributed by atoms with van der Waals surface area (Å²) in [5, 5.41) is 4.54. The SMILES string of the molecule is Cc1cc(C)n(C2CN(Cc3nc4c(F)cccc4[nH]3)C2)n1. The third-order valence-electron chi connectivity index (χ3n) is 4.21. The van der Waals surface area contributed by atoms with Crippen molar-refractivity contribution in [3.8, 4) is 0 Å². The van der Waals surface area contributed by atoms with Crippen LogP contribution in [-0.2, 0) is 6.54 Å². The van der Waals surface area contributed by atoms with Crippen molar-refractivity contribution in [2.75, 3.05) is 13.1 Å². The molecule has 2 aromatic heterocycles. The first-order chi connectivity index (χ1) is 10.6. The standard InChI is InChI=1S/C16H18FN5/c1-10-6-11(2)22(20-10)12-7-21(8-12)9-15-18-14-5-3-4-13(17)16(14)19-15/h3-6,12H,7-9H2,1-2H3,(H,18,19). The highest BCUT2D eigenvalue weighted by Crippen LogP contribution is 2.24. The van der Waals surface area contributed by atoms with E-state index < -0.39 is 0 Å². The fourth-order valence-electron chi connectivity index (χ4n) is 3.18. The zero-order chi connectivity index (χ0) is 15.3. The van der Waals surface area contributed by atoms with Crippen molar-refractivity contribution in [3.05, 3.63) is 47.3 Å². The number of halogens is 1. The third-order valence-corrected chi connectivity index (χ3v) is 4.21. The summed E-state index contributed by atoms with van der Waals surface area (Å²) in [4.78, 5) is 9.84. The van der Waals surface area contributed by atoms with Gasteiger partial charge in [-0.05, 0) is 32.0 Å². The quantitative estimate of drug-likeness (QED) is 0.808. The van der Waals surface area contributed by atoms with E-state index in [0.717, 1.165) is 30.1 Å². The summed E-state index contributed by atoms with van der Waals surface area (Å²) in [6.45, 7) is 6.71. The molecule has 0 unspecified atom stereocenters. The maximum absolute atomic E-state index is 13.7.